The van der Waals surface area contributed by atoms with Crippen molar-refractivity contribution in [1.29, 1.82) is 0 Å². The molecular formula is C21H19F3N8S. The van der Waals surface area contributed by atoms with Crippen LogP contribution in [0.25, 0.3) is 11.5 Å². The number of halogens is 3. The fourth-order valence-corrected chi connectivity index (χ4v) is 3.55. The molecule has 2 aromatic heterocycles. The molecule has 12 heteroatoms. The van der Waals surface area contributed by atoms with E-state index in [-0.39, 0.29) is 17.4 Å². The maximum atomic E-state index is 13.5. The molecule has 33 heavy (non-hydrogen) atoms. The highest BCUT2D eigenvalue weighted by atomic mass is 32.1. The summed E-state index contributed by atoms with van der Waals surface area (Å²) in [4.78, 5) is 13.5. The van der Waals surface area contributed by atoms with Gasteiger partial charge in [0.2, 0.25) is 11.6 Å². The van der Waals surface area contributed by atoms with Gasteiger partial charge in [-0.2, -0.15) is 22.9 Å². The number of thiocarbonyl (C=S) groups is 1. The molecule has 0 saturated heterocycles. The predicted molar refractivity (Wildman–Crippen MR) is 123 cm³/mol. The number of hydrogen-bond donors (Lipinski definition) is 0. The minimum absolute atomic E-state index is 0.0458. The quantitative estimate of drug-likeness (QED) is 0.501. The maximum Gasteiger partial charge on any atom is 0.428 e. The van der Waals surface area contributed by atoms with Gasteiger partial charge in [0.25, 0.3) is 0 Å². The number of alkyl halides is 3. The average molecular weight is 473 g/mol. The predicted octanol–water partition coefficient (Wildman–Crippen LogP) is 4.16. The van der Waals surface area contributed by atoms with Crippen LogP contribution >= 0.6 is 12.2 Å². The van der Waals surface area contributed by atoms with Crippen LogP contribution in [-0.4, -0.2) is 60.4 Å². The van der Waals surface area contributed by atoms with E-state index in [9.17, 15) is 13.2 Å². The third-order valence-electron chi connectivity index (χ3n) is 5.08. The third-order valence-corrected chi connectivity index (χ3v) is 5.51. The lowest BCUT2D eigenvalue weighted by Gasteiger charge is -2.21. The molecule has 0 bridgehead atoms. The average Bonchev–Trinajstić information content (AvgIpc) is 3.35. The van der Waals surface area contributed by atoms with Gasteiger partial charge in [0, 0.05) is 31.2 Å². The minimum atomic E-state index is -4.76. The van der Waals surface area contributed by atoms with Gasteiger partial charge in [-0.25, -0.2) is 9.98 Å². The van der Waals surface area contributed by atoms with Crippen LogP contribution in [0, 0.1) is 6.92 Å². The summed E-state index contributed by atoms with van der Waals surface area (Å²) >= 11 is 4.70. The van der Waals surface area contributed by atoms with E-state index in [1.807, 2.05) is 32.9 Å². The molecule has 0 spiro atoms. The minimum Gasteiger partial charge on any atom is -0.372 e. The molecule has 4 rings (SSSR count). The smallest absolute Gasteiger partial charge is 0.372 e. The molecule has 1 aromatic carbocycles. The first-order valence-electron chi connectivity index (χ1n) is 10.1. The van der Waals surface area contributed by atoms with Crippen LogP contribution < -0.4 is 4.90 Å². The molecule has 0 fully saturated rings. The lowest BCUT2D eigenvalue weighted by Crippen LogP contribution is -2.33. The van der Waals surface area contributed by atoms with Gasteiger partial charge in [-0.15, -0.1) is 10.2 Å². The van der Waals surface area contributed by atoms with Gasteiger partial charge in [0.1, 0.15) is 22.0 Å². The Morgan fingerprint density at radius 3 is 2.45 bits per heavy atom. The van der Waals surface area contributed by atoms with Gasteiger partial charge in [0.05, 0.1) is 11.9 Å². The molecule has 0 N–H and O–H groups in total. The van der Waals surface area contributed by atoms with Gasteiger partial charge >= 0.3 is 6.18 Å². The zero-order valence-electron chi connectivity index (χ0n) is 18.0. The summed E-state index contributed by atoms with van der Waals surface area (Å²) in [5.74, 6) is 0.184. The Bertz CT molecular complexity index is 1260. The van der Waals surface area contributed by atoms with Gasteiger partial charge < -0.3 is 4.90 Å². The van der Waals surface area contributed by atoms with E-state index < -0.39 is 16.8 Å². The van der Waals surface area contributed by atoms with Crippen molar-refractivity contribution in [1.82, 2.24) is 24.8 Å². The molecule has 1 aliphatic rings. The largest absolute Gasteiger partial charge is 0.428 e. The van der Waals surface area contributed by atoms with Crippen LogP contribution in [0.15, 0.2) is 46.9 Å². The number of aliphatic imine (C=N–C) groups is 1. The van der Waals surface area contributed by atoms with Crippen molar-refractivity contribution in [2.75, 3.05) is 18.0 Å². The number of nitrogens with zero attached hydrogens (tertiary/aromatic N) is 8. The van der Waals surface area contributed by atoms with Gasteiger partial charge in [-0.05, 0) is 44.5 Å². The van der Waals surface area contributed by atoms with E-state index >= 15 is 0 Å². The summed E-state index contributed by atoms with van der Waals surface area (Å²) in [6.45, 7) is 7.60. The maximum absolute atomic E-state index is 13.5. The Labute approximate surface area is 192 Å². The molecule has 1 aliphatic heterocycles. The van der Waals surface area contributed by atoms with Crippen molar-refractivity contribution in [2.24, 2.45) is 10.1 Å². The van der Waals surface area contributed by atoms with Crippen LogP contribution in [0.4, 0.5) is 24.5 Å². The summed E-state index contributed by atoms with van der Waals surface area (Å²) in [6.07, 6.45) is -0.441. The standard InChI is InChI=1S/C21H19F3N8S/c1-4-31(5-2)13-6-7-14(12(3)10-13)27-17-16(18(33)21(22,23)24)30-32-19(28-29-20(17)32)15-11-25-8-9-26-15/h6-11H,4-5H2,1-3H3. The zero-order chi connectivity index (χ0) is 23.8. The second-order valence-electron chi connectivity index (χ2n) is 7.13. The van der Waals surface area contributed by atoms with Crippen molar-refractivity contribution in [3.8, 4) is 11.5 Å². The molecule has 8 nitrogen and oxygen atoms in total. The van der Waals surface area contributed by atoms with E-state index in [0.717, 1.165) is 29.0 Å². The first kappa shape index (κ1) is 22.6. The van der Waals surface area contributed by atoms with Gasteiger partial charge in [-0.1, -0.05) is 12.2 Å². The molecule has 3 heterocycles. The molecule has 0 atom stereocenters. The summed E-state index contributed by atoms with van der Waals surface area (Å²) in [6, 6.07) is 5.58. The van der Waals surface area contributed by atoms with E-state index in [4.69, 9.17) is 12.2 Å². The van der Waals surface area contributed by atoms with Gasteiger partial charge in [-0.3, -0.25) is 4.98 Å². The second kappa shape index (κ2) is 8.77. The molecule has 0 radical (unpaired) electrons. The Morgan fingerprint density at radius 1 is 1.12 bits per heavy atom. The topological polar surface area (TPSA) is 84.5 Å². The molecular weight excluding hydrogens is 453 g/mol. The fraction of sp³-hybridized carbons (Fsp3) is 0.286. The Hall–Kier alpha value is -3.54. The summed E-state index contributed by atoms with van der Waals surface area (Å²) in [7, 11) is 0. The van der Waals surface area contributed by atoms with Crippen LogP contribution in [0.5, 0.6) is 0 Å². The lowest BCUT2D eigenvalue weighted by atomic mass is 10.1. The third kappa shape index (κ3) is 4.25. The van der Waals surface area contributed by atoms with Crippen molar-refractivity contribution in [3.05, 3.63) is 48.2 Å². The highest BCUT2D eigenvalue weighted by Gasteiger charge is 2.43. The summed E-state index contributed by atoms with van der Waals surface area (Å²) < 4.78 is 41.7. The Morgan fingerprint density at radius 2 is 1.85 bits per heavy atom. The molecule has 0 aliphatic carbocycles. The SMILES string of the molecule is CCN(CC)c1ccc(N=C2C(C(=S)C(F)(F)F)=Nn3c2nnc3-c2cnccn2)c(C)c1. The second-order valence-corrected chi connectivity index (χ2v) is 7.54. The van der Waals surface area contributed by atoms with Gasteiger partial charge in [0.15, 0.2) is 0 Å². The molecule has 170 valence electrons. The fourth-order valence-electron chi connectivity index (χ4n) is 3.41. The van der Waals surface area contributed by atoms with Crippen molar-refractivity contribution in [3.63, 3.8) is 0 Å². The highest BCUT2D eigenvalue weighted by molar-refractivity contribution is 7.82. The highest BCUT2D eigenvalue weighted by Crippen LogP contribution is 2.30. The Balaban J connectivity index is 1.84. The van der Waals surface area contributed by atoms with Crippen LogP contribution in [0.3, 0.4) is 0 Å². The molecule has 0 unspecified atom stereocenters. The number of aryl methyl sites for hydroxylation is 1. The summed E-state index contributed by atoms with van der Waals surface area (Å²) in [5.41, 5.74) is 1.99. The number of aromatic nitrogens is 5. The number of rotatable bonds is 6. The number of benzene rings is 1. The first-order chi connectivity index (χ1) is 15.7. The van der Waals surface area contributed by atoms with Crippen molar-refractivity contribution < 1.29 is 13.2 Å². The van der Waals surface area contributed by atoms with Crippen LogP contribution in [0.2, 0.25) is 0 Å². The zero-order valence-corrected chi connectivity index (χ0v) is 18.8. The van der Waals surface area contributed by atoms with E-state index in [0.29, 0.717) is 11.4 Å². The van der Waals surface area contributed by atoms with Crippen LogP contribution in [0.1, 0.15) is 25.2 Å². The number of anilines is 1. The molecule has 3 aromatic rings. The first-order valence-corrected chi connectivity index (χ1v) is 10.5. The van der Waals surface area contributed by atoms with Crippen molar-refractivity contribution in [2.45, 2.75) is 26.9 Å². The lowest BCUT2D eigenvalue weighted by molar-refractivity contribution is -0.0542. The molecule has 0 saturated carbocycles. The number of fused-ring (bicyclic) bond motifs is 1. The monoisotopic (exact) mass is 472 g/mol. The summed E-state index contributed by atoms with van der Waals surface area (Å²) in [5, 5.41) is 12.1. The Kier molecular flexibility index (Phi) is 6.02. The number of hydrogen-bond acceptors (Lipinski definition) is 8. The van der Waals surface area contributed by atoms with E-state index in [1.54, 1.807) is 6.07 Å². The normalized spacial score (nSPS) is 14.4. The van der Waals surface area contributed by atoms with E-state index in [2.05, 4.69) is 35.2 Å². The van der Waals surface area contributed by atoms with Crippen molar-refractivity contribution >= 4 is 39.9 Å². The van der Waals surface area contributed by atoms with Crippen LogP contribution in [-0.2, 0) is 0 Å². The molecule has 0 amide bonds. The van der Waals surface area contributed by atoms with E-state index in [1.165, 1.54) is 18.6 Å².